The molecule has 4 N–H and O–H groups in total. The number of aliphatic hydroxyl groups excluding tert-OH is 2. The third-order valence-electron chi connectivity index (χ3n) is 7.20. The van der Waals surface area contributed by atoms with E-state index in [-0.39, 0.29) is 0 Å². The van der Waals surface area contributed by atoms with Crippen LogP contribution in [0.25, 0.3) is 0 Å². The van der Waals surface area contributed by atoms with Gasteiger partial charge in [0.15, 0.2) is 0 Å². The highest BCUT2D eigenvalue weighted by molar-refractivity contribution is 5.17. The first kappa shape index (κ1) is 22.7. The minimum absolute atomic E-state index is 0.419. The number of hydrogen-bond donors (Lipinski definition) is 2. The molecule has 2 heterocycles. The molecule has 1 aromatic carbocycles. The molecule has 2 fully saturated rings. The highest BCUT2D eigenvalue weighted by Crippen LogP contribution is 2.52. The smallest absolute Gasteiger partial charge is 0.109 e. The van der Waals surface area contributed by atoms with E-state index in [0.717, 1.165) is 5.56 Å². The zero-order valence-corrected chi connectivity index (χ0v) is 18.8. The molecule has 2 aliphatic heterocycles. The lowest BCUT2D eigenvalue weighted by atomic mass is 9.63. The molecule has 2 saturated heterocycles. The van der Waals surface area contributed by atoms with Crippen LogP contribution in [-0.2, 0) is 11.4 Å². The van der Waals surface area contributed by atoms with Gasteiger partial charge in [0, 0.05) is 12.0 Å². The molecule has 4 atom stereocenters. The van der Waals surface area contributed by atoms with Crippen molar-refractivity contribution in [1.29, 1.82) is 0 Å². The first-order valence-electron chi connectivity index (χ1n) is 10.7. The predicted octanol–water partition coefficient (Wildman–Crippen LogP) is 2.75. The van der Waals surface area contributed by atoms with E-state index in [1.54, 1.807) is 5.06 Å². The summed E-state index contributed by atoms with van der Waals surface area (Å²) in [6.45, 7) is 12.7. The van der Waals surface area contributed by atoms with Gasteiger partial charge in [-0.05, 0) is 66.4 Å². The van der Waals surface area contributed by atoms with Gasteiger partial charge < -0.3 is 15.4 Å². The van der Waals surface area contributed by atoms with Crippen LogP contribution in [0, 0.1) is 0 Å². The van der Waals surface area contributed by atoms with Crippen molar-refractivity contribution in [3.63, 3.8) is 0 Å². The number of nitrogens with zero attached hydrogens (tertiary/aromatic N) is 2. The Morgan fingerprint density at radius 2 is 1.38 bits per heavy atom. The maximum Gasteiger partial charge on any atom is 0.109 e. The molecule has 1 aromatic rings. The predicted molar refractivity (Wildman–Crippen MR) is 114 cm³/mol. The third kappa shape index (κ3) is 3.99. The van der Waals surface area contributed by atoms with Crippen molar-refractivity contribution in [2.24, 2.45) is 0 Å². The van der Waals surface area contributed by atoms with Crippen LogP contribution in [0.4, 0.5) is 0 Å². The van der Waals surface area contributed by atoms with Crippen LogP contribution in [0.2, 0.25) is 0 Å². The van der Waals surface area contributed by atoms with Gasteiger partial charge in [-0.2, -0.15) is 5.06 Å². The van der Waals surface area contributed by atoms with Crippen LogP contribution in [0.15, 0.2) is 30.3 Å². The molecular weight excluding hydrogens is 368 g/mol. The molecule has 0 amide bonds. The average Bonchev–Trinajstić information content (AvgIpc) is 2.58. The summed E-state index contributed by atoms with van der Waals surface area (Å²) in [5.41, 5.74) is -1.19. The molecule has 0 spiro atoms. The Kier molecular flexibility index (Phi) is 5.93. The zero-order valence-electron chi connectivity index (χ0n) is 18.8. The van der Waals surface area contributed by atoms with Gasteiger partial charge >= 0.3 is 0 Å². The van der Waals surface area contributed by atoms with Crippen LogP contribution in [-0.4, -0.2) is 59.9 Å². The number of rotatable bonds is 4. The van der Waals surface area contributed by atoms with Crippen LogP contribution >= 0.6 is 0 Å². The number of hydroxylamine groups is 4. The van der Waals surface area contributed by atoms with Crippen LogP contribution in [0.5, 0.6) is 0 Å². The van der Waals surface area contributed by atoms with Crippen LogP contribution in [0.1, 0.15) is 72.8 Å². The van der Waals surface area contributed by atoms with Gasteiger partial charge in [0.25, 0.3) is 0 Å². The number of hydrogen-bond acceptors (Lipinski definition) is 5. The molecule has 0 aromatic heterocycles. The average molecular weight is 408 g/mol. The van der Waals surface area contributed by atoms with Gasteiger partial charge in [0.1, 0.15) is 5.54 Å². The fraction of sp³-hybridized carbons (Fsp3) is 0.739. The minimum Gasteiger partial charge on any atom is -0.393 e. The molecule has 3 unspecified atom stereocenters. The monoisotopic (exact) mass is 407 g/mol. The van der Waals surface area contributed by atoms with Gasteiger partial charge in [0.05, 0.1) is 29.9 Å². The maximum atomic E-state index is 10.8. The van der Waals surface area contributed by atoms with Crippen molar-refractivity contribution >= 4 is 0 Å². The Bertz CT molecular complexity index is 710. The van der Waals surface area contributed by atoms with E-state index < -0.39 is 34.4 Å². The molecule has 0 saturated carbocycles. The Hall–Kier alpha value is -1.02. The first-order valence-corrected chi connectivity index (χ1v) is 10.7. The molecule has 0 radical (unpaired) electrons. The van der Waals surface area contributed by atoms with Gasteiger partial charge in [-0.1, -0.05) is 35.4 Å². The third-order valence-corrected chi connectivity index (χ3v) is 7.20. The van der Waals surface area contributed by atoms with E-state index in [4.69, 9.17) is 10.0 Å². The van der Waals surface area contributed by atoms with Gasteiger partial charge in [-0.15, -0.1) is 0 Å². The Labute approximate surface area is 175 Å². The molecule has 29 heavy (non-hydrogen) atoms. The van der Waals surface area contributed by atoms with E-state index >= 15 is 0 Å². The summed E-state index contributed by atoms with van der Waals surface area (Å²) in [5.74, 6) is 0. The second-order valence-corrected chi connectivity index (χ2v) is 10.7. The summed E-state index contributed by atoms with van der Waals surface area (Å²) in [4.78, 5) is 6.45. The summed E-state index contributed by atoms with van der Waals surface area (Å²) in [7, 11) is 0. The second-order valence-electron chi connectivity index (χ2n) is 10.7. The van der Waals surface area contributed by atoms with Gasteiger partial charge in [0.2, 0.25) is 0 Å². The molecule has 164 valence electrons. The molecular formula is C23H39N2O4+. The standard InChI is InChI=1S/C23H38N2O4/c1-20(2)12-18(26)14-22(5,24(20)28)23(6)15-19(27)13-21(3,4)25(23)29-16-17-10-8-7-9-11-17/h7-11,18-19,26-28H,12-16H2,1-6H3/p+1/t18?,19?,22?,23-/m1/s1. The Morgan fingerprint density at radius 1 is 0.862 bits per heavy atom. The van der Waals surface area contributed by atoms with Crippen molar-refractivity contribution in [3.05, 3.63) is 35.9 Å². The van der Waals surface area contributed by atoms with E-state index in [1.165, 1.54) is 0 Å². The highest BCUT2D eigenvalue weighted by atomic mass is 16.7. The fourth-order valence-electron chi connectivity index (χ4n) is 5.83. The van der Waals surface area contributed by atoms with E-state index in [9.17, 15) is 10.2 Å². The normalized spacial score (nSPS) is 38.1. The molecule has 6 heteroatoms. The quantitative estimate of drug-likeness (QED) is 0.751. The summed E-state index contributed by atoms with van der Waals surface area (Å²) in [6.07, 6.45) is 1.12. The maximum absolute atomic E-state index is 10.8. The minimum atomic E-state index is -0.705. The van der Waals surface area contributed by atoms with Crippen molar-refractivity contribution in [2.75, 3.05) is 0 Å². The Balaban J connectivity index is 2.00. The van der Waals surface area contributed by atoms with Crippen molar-refractivity contribution in [3.8, 4) is 0 Å². The highest BCUT2D eigenvalue weighted by Gasteiger charge is 2.65. The summed E-state index contributed by atoms with van der Waals surface area (Å²) in [5, 5.41) is 34.2. The van der Waals surface area contributed by atoms with Crippen LogP contribution < -0.4 is 0 Å². The van der Waals surface area contributed by atoms with Crippen LogP contribution in [0.3, 0.4) is 0 Å². The number of piperidine rings is 2. The van der Waals surface area contributed by atoms with Gasteiger partial charge in [-0.3, -0.25) is 4.84 Å². The van der Waals surface area contributed by atoms with E-state index in [0.29, 0.717) is 32.3 Å². The van der Waals surface area contributed by atoms with Crippen molar-refractivity contribution in [1.82, 2.24) is 10.1 Å². The SMILES string of the molecule is CC1(C)CC(O)CC(C)([C@@]2(C)CC(O)CC(C)(C)N2OCc2ccccc2)N1[OH2+]. The lowest BCUT2D eigenvalue weighted by molar-refractivity contribution is -0.370. The first-order chi connectivity index (χ1) is 13.3. The van der Waals surface area contributed by atoms with Crippen molar-refractivity contribution in [2.45, 2.75) is 108 Å². The zero-order chi connectivity index (χ0) is 21.7. The molecule has 0 aliphatic carbocycles. The summed E-state index contributed by atoms with van der Waals surface area (Å²) < 4.78 is 0. The molecule has 3 rings (SSSR count). The fourth-order valence-corrected chi connectivity index (χ4v) is 5.83. The molecule has 6 nitrogen and oxygen atoms in total. The van der Waals surface area contributed by atoms with Crippen molar-refractivity contribution < 1.29 is 20.3 Å². The molecule has 2 aliphatic rings. The van der Waals surface area contributed by atoms with E-state index in [1.807, 2.05) is 56.2 Å². The lowest BCUT2D eigenvalue weighted by Gasteiger charge is -2.63. The largest absolute Gasteiger partial charge is 0.393 e. The van der Waals surface area contributed by atoms with E-state index in [2.05, 4.69) is 20.8 Å². The topological polar surface area (TPSA) is 79.1 Å². The number of aliphatic hydroxyl groups is 2. The lowest BCUT2D eigenvalue weighted by Crippen LogP contribution is -2.78. The summed E-state index contributed by atoms with van der Waals surface area (Å²) >= 11 is 0. The second kappa shape index (κ2) is 7.59. The molecule has 0 bridgehead atoms. The van der Waals surface area contributed by atoms with Gasteiger partial charge in [-0.25, -0.2) is 0 Å². The number of benzene rings is 1. The summed E-state index contributed by atoms with van der Waals surface area (Å²) in [6, 6.07) is 10.1. The Morgan fingerprint density at radius 3 is 1.97 bits per heavy atom.